The summed E-state index contributed by atoms with van der Waals surface area (Å²) < 4.78 is 1.31. The molecule has 0 unspecified atom stereocenters. The van der Waals surface area contributed by atoms with E-state index < -0.39 is 0 Å². The largest absolute Gasteiger partial charge is 0.340 e. The molecule has 0 aliphatic carbocycles. The Morgan fingerprint density at radius 2 is 1.76 bits per heavy atom. The molecule has 150 valence electrons. The van der Waals surface area contributed by atoms with Crippen molar-refractivity contribution < 1.29 is 4.79 Å². The molecule has 1 aliphatic heterocycles. The highest BCUT2D eigenvalue weighted by Gasteiger charge is 2.22. The number of rotatable bonds is 4. The van der Waals surface area contributed by atoms with Crippen molar-refractivity contribution in [2.45, 2.75) is 13.0 Å². The fourth-order valence-electron chi connectivity index (χ4n) is 3.81. The smallest absolute Gasteiger partial charge is 0.274 e. The second kappa shape index (κ2) is 8.35. The first-order valence-corrected chi connectivity index (χ1v) is 10.1. The summed E-state index contributed by atoms with van der Waals surface area (Å²) in [5.41, 5.74) is 1.68. The SMILES string of the molecule is Cn1nc(CC(=O)N2CCN(Cc3cccc(Cl)c3)CC2)c2ccccc2c1=O. The second-order valence-electron chi connectivity index (χ2n) is 7.38. The third-order valence-corrected chi connectivity index (χ3v) is 5.61. The Morgan fingerprint density at radius 1 is 1.03 bits per heavy atom. The average Bonchev–Trinajstić information content (AvgIpc) is 2.72. The zero-order valence-electron chi connectivity index (χ0n) is 16.3. The molecular weight excluding hydrogens is 388 g/mol. The lowest BCUT2D eigenvalue weighted by Gasteiger charge is -2.34. The Morgan fingerprint density at radius 3 is 2.48 bits per heavy atom. The number of benzene rings is 2. The van der Waals surface area contributed by atoms with Crippen molar-refractivity contribution in [3.8, 4) is 0 Å². The molecule has 0 atom stereocenters. The zero-order chi connectivity index (χ0) is 20.4. The van der Waals surface area contributed by atoms with Crippen LogP contribution in [0.25, 0.3) is 10.8 Å². The number of hydrogen-bond donors (Lipinski definition) is 0. The third kappa shape index (κ3) is 4.33. The quantitative estimate of drug-likeness (QED) is 0.663. The molecule has 0 bridgehead atoms. The van der Waals surface area contributed by atoms with Gasteiger partial charge in [0.15, 0.2) is 0 Å². The molecule has 29 heavy (non-hydrogen) atoms. The Balaban J connectivity index is 1.41. The fraction of sp³-hybridized carbons (Fsp3) is 0.318. The minimum atomic E-state index is -0.147. The summed E-state index contributed by atoms with van der Waals surface area (Å²) in [5, 5.41) is 6.44. The van der Waals surface area contributed by atoms with Crippen LogP contribution < -0.4 is 5.56 Å². The van der Waals surface area contributed by atoms with Crippen molar-refractivity contribution in [1.29, 1.82) is 0 Å². The summed E-state index contributed by atoms with van der Waals surface area (Å²) in [6.07, 6.45) is 0.197. The monoisotopic (exact) mass is 410 g/mol. The van der Waals surface area contributed by atoms with E-state index in [1.807, 2.05) is 41.3 Å². The van der Waals surface area contributed by atoms with E-state index in [1.165, 1.54) is 10.2 Å². The average molecular weight is 411 g/mol. The highest BCUT2D eigenvalue weighted by molar-refractivity contribution is 6.30. The van der Waals surface area contributed by atoms with Crippen LogP contribution in [0.3, 0.4) is 0 Å². The molecule has 4 rings (SSSR count). The van der Waals surface area contributed by atoms with Gasteiger partial charge >= 0.3 is 0 Å². The van der Waals surface area contributed by atoms with Crippen LogP contribution in [0.5, 0.6) is 0 Å². The van der Waals surface area contributed by atoms with E-state index >= 15 is 0 Å². The summed E-state index contributed by atoms with van der Waals surface area (Å²) in [5.74, 6) is 0.0451. The Labute approximate surface area is 174 Å². The summed E-state index contributed by atoms with van der Waals surface area (Å²) in [6.45, 7) is 3.83. The predicted molar refractivity (Wildman–Crippen MR) is 114 cm³/mol. The molecular formula is C22H23ClN4O2. The van der Waals surface area contributed by atoms with Gasteiger partial charge in [0.05, 0.1) is 17.5 Å². The first kappa shape index (κ1) is 19.6. The zero-order valence-corrected chi connectivity index (χ0v) is 17.1. The summed E-state index contributed by atoms with van der Waals surface area (Å²) >= 11 is 6.07. The van der Waals surface area contributed by atoms with Gasteiger partial charge in [-0.3, -0.25) is 14.5 Å². The van der Waals surface area contributed by atoms with Crippen LogP contribution in [-0.4, -0.2) is 51.7 Å². The van der Waals surface area contributed by atoms with Gasteiger partial charge in [0, 0.05) is 50.2 Å². The number of aryl methyl sites for hydroxylation is 1. The van der Waals surface area contributed by atoms with Gasteiger partial charge in [-0.1, -0.05) is 41.9 Å². The summed E-state index contributed by atoms with van der Waals surface area (Å²) in [7, 11) is 1.62. The van der Waals surface area contributed by atoms with E-state index in [0.29, 0.717) is 24.2 Å². The standard InChI is InChI=1S/C22H23ClN4O2/c1-25-22(29)19-8-3-2-7-18(19)20(24-25)14-21(28)27-11-9-26(10-12-27)15-16-5-4-6-17(23)13-16/h2-8,13H,9-12,14-15H2,1H3. The second-order valence-corrected chi connectivity index (χ2v) is 7.82. The third-order valence-electron chi connectivity index (χ3n) is 5.37. The molecule has 1 aliphatic rings. The number of carbonyl (C=O) groups is 1. The number of hydrogen-bond acceptors (Lipinski definition) is 4. The molecule has 0 saturated carbocycles. The molecule has 1 fully saturated rings. The van der Waals surface area contributed by atoms with Crippen molar-refractivity contribution in [2.24, 2.45) is 7.05 Å². The number of nitrogens with zero attached hydrogens (tertiary/aromatic N) is 4. The molecule has 1 saturated heterocycles. The predicted octanol–water partition coefficient (Wildman–Crippen LogP) is 2.47. The van der Waals surface area contributed by atoms with Gasteiger partial charge in [-0.05, 0) is 23.8 Å². The van der Waals surface area contributed by atoms with Gasteiger partial charge in [0.1, 0.15) is 0 Å². The van der Waals surface area contributed by atoms with E-state index in [4.69, 9.17) is 11.6 Å². The summed E-state index contributed by atoms with van der Waals surface area (Å²) in [4.78, 5) is 29.4. The van der Waals surface area contributed by atoms with Crippen LogP contribution in [0.1, 0.15) is 11.3 Å². The molecule has 0 radical (unpaired) electrons. The lowest BCUT2D eigenvalue weighted by molar-refractivity contribution is -0.132. The lowest BCUT2D eigenvalue weighted by Crippen LogP contribution is -2.48. The summed E-state index contributed by atoms with van der Waals surface area (Å²) in [6, 6.07) is 15.2. The molecule has 1 amide bonds. The molecule has 2 heterocycles. The van der Waals surface area contributed by atoms with E-state index in [9.17, 15) is 9.59 Å². The fourth-order valence-corrected chi connectivity index (χ4v) is 4.02. The van der Waals surface area contributed by atoms with Crippen LogP contribution in [-0.2, 0) is 24.8 Å². The minimum Gasteiger partial charge on any atom is -0.340 e. The normalized spacial score (nSPS) is 15.0. The first-order chi connectivity index (χ1) is 14.0. The van der Waals surface area contributed by atoms with Crippen LogP contribution >= 0.6 is 11.6 Å². The number of fused-ring (bicyclic) bond motifs is 1. The van der Waals surface area contributed by atoms with Gasteiger partial charge in [-0.25, -0.2) is 4.68 Å². The molecule has 0 N–H and O–H groups in total. The maximum atomic E-state index is 12.9. The van der Waals surface area contributed by atoms with Crippen molar-refractivity contribution in [3.05, 3.63) is 75.2 Å². The minimum absolute atomic E-state index is 0.0451. The Kier molecular flexibility index (Phi) is 5.65. The highest BCUT2D eigenvalue weighted by atomic mass is 35.5. The van der Waals surface area contributed by atoms with Crippen LogP contribution in [0.4, 0.5) is 0 Å². The van der Waals surface area contributed by atoms with Crippen molar-refractivity contribution >= 4 is 28.3 Å². The topological polar surface area (TPSA) is 58.4 Å². The Hall–Kier alpha value is -2.70. The van der Waals surface area contributed by atoms with Gasteiger partial charge in [-0.2, -0.15) is 5.10 Å². The van der Waals surface area contributed by atoms with E-state index in [1.54, 1.807) is 13.1 Å². The number of carbonyl (C=O) groups excluding carboxylic acids is 1. The van der Waals surface area contributed by atoms with Gasteiger partial charge < -0.3 is 4.90 Å². The lowest BCUT2D eigenvalue weighted by atomic mass is 10.1. The van der Waals surface area contributed by atoms with Crippen LogP contribution in [0, 0.1) is 0 Å². The number of halogens is 1. The van der Waals surface area contributed by atoms with Gasteiger partial charge in [0.25, 0.3) is 5.56 Å². The van der Waals surface area contributed by atoms with Crippen molar-refractivity contribution in [3.63, 3.8) is 0 Å². The van der Waals surface area contributed by atoms with Crippen LogP contribution in [0.2, 0.25) is 5.02 Å². The first-order valence-electron chi connectivity index (χ1n) is 9.71. The molecule has 0 spiro atoms. The Bertz CT molecular complexity index is 1100. The van der Waals surface area contributed by atoms with E-state index in [2.05, 4.69) is 16.1 Å². The van der Waals surface area contributed by atoms with Gasteiger partial charge in [0.2, 0.25) is 5.91 Å². The van der Waals surface area contributed by atoms with Crippen molar-refractivity contribution in [1.82, 2.24) is 19.6 Å². The number of amides is 1. The molecule has 3 aromatic rings. The van der Waals surface area contributed by atoms with Crippen LogP contribution in [0.15, 0.2) is 53.3 Å². The molecule has 2 aromatic carbocycles. The molecule has 1 aromatic heterocycles. The highest BCUT2D eigenvalue weighted by Crippen LogP contribution is 2.16. The van der Waals surface area contributed by atoms with E-state index in [-0.39, 0.29) is 17.9 Å². The van der Waals surface area contributed by atoms with Gasteiger partial charge in [-0.15, -0.1) is 0 Å². The van der Waals surface area contributed by atoms with E-state index in [0.717, 1.165) is 30.0 Å². The number of aromatic nitrogens is 2. The molecule has 6 nitrogen and oxygen atoms in total. The maximum Gasteiger partial charge on any atom is 0.274 e. The number of piperazine rings is 1. The molecule has 7 heteroatoms. The van der Waals surface area contributed by atoms with Crippen molar-refractivity contribution in [2.75, 3.05) is 26.2 Å². The maximum absolute atomic E-state index is 12.9.